The second-order valence-corrected chi connectivity index (χ2v) is 16.3. The topological polar surface area (TPSA) is 180 Å². The SMILES string of the molecule is CN1CC[C@]23C4=C5O[C@H]2[C@@H](O)C=C[C@H]3[C@H]1CC4=CCC5(O)/C(C(=O)O)=C(\C(=O)O)C1(O)CC=C2C[C@@H]3[C@@H]4C=C[C@H](O)[C@@H]5OC1=C2[C@]45CCN3C. The fourth-order valence-electron chi connectivity index (χ4n) is 12.4. The van der Waals surface area contributed by atoms with Crippen LogP contribution in [0.3, 0.4) is 0 Å². The van der Waals surface area contributed by atoms with E-state index in [1.807, 2.05) is 12.2 Å². The second kappa shape index (κ2) is 9.67. The van der Waals surface area contributed by atoms with Crippen molar-refractivity contribution in [2.75, 3.05) is 27.2 Å². The van der Waals surface area contributed by atoms with E-state index in [-0.39, 0.29) is 48.3 Å². The molecule has 0 aromatic rings. The molecule has 4 bridgehead atoms. The molecule has 2 spiro atoms. The lowest BCUT2D eigenvalue weighted by atomic mass is 9.50. The molecule has 6 N–H and O–H groups in total. The Labute approximate surface area is 288 Å². The van der Waals surface area contributed by atoms with Crippen molar-refractivity contribution >= 4 is 11.9 Å². The molecule has 264 valence electrons. The van der Waals surface area contributed by atoms with Gasteiger partial charge < -0.3 is 49.9 Å². The van der Waals surface area contributed by atoms with Crippen LogP contribution >= 0.6 is 0 Å². The van der Waals surface area contributed by atoms with Crippen molar-refractivity contribution in [1.82, 2.24) is 9.80 Å². The number of hydrogen-bond acceptors (Lipinski definition) is 10. The van der Waals surface area contributed by atoms with Crippen molar-refractivity contribution in [3.63, 3.8) is 0 Å². The van der Waals surface area contributed by atoms with Gasteiger partial charge in [0.2, 0.25) is 0 Å². The number of carbonyl (C=O) groups is 2. The van der Waals surface area contributed by atoms with Crippen LogP contribution in [0.1, 0.15) is 38.5 Å². The average molecular weight is 687 g/mol. The van der Waals surface area contributed by atoms with E-state index in [1.165, 1.54) is 0 Å². The van der Waals surface area contributed by atoms with Gasteiger partial charge in [-0.25, -0.2) is 9.59 Å². The summed E-state index contributed by atoms with van der Waals surface area (Å²) in [6, 6.07) is 0.234. The number of carboxylic acids is 2. The highest BCUT2D eigenvalue weighted by atomic mass is 16.5. The number of aliphatic carboxylic acids is 2. The maximum Gasteiger partial charge on any atom is 0.335 e. The molecule has 0 aromatic carbocycles. The van der Waals surface area contributed by atoms with Crippen LogP contribution in [0, 0.1) is 22.7 Å². The first-order chi connectivity index (χ1) is 23.8. The van der Waals surface area contributed by atoms with Crippen LogP contribution in [-0.2, 0) is 19.1 Å². The molecule has 6 aliphatic carbocycles. The normalized spacial score (nSPS) is 48.2. The summed E-state index contributed by atoms with van der Waals surface area (Å²) >= 11 is 0. The molecule has 0 radical (unpaired) electrons. The first-order valence-corrected chi connectivity index (χ1v) is 17.8. The summed E-state index contributed by atoms with van der Waals surface area (Å²) in [4.78, 5) is 31.7. The van der Waals surface area contributed by atoms with Crippen LogP contribution in [-0.4, -0.2) is 127 Å². The molecule has 2 saturated carbocycles. The minimum Gasteiger partial charge on any atom is -0.487 e. The van der Waals surface area contributed by atoms with Crippen LogP contribution in [0.5, 0.6) is 0 Å². The average Bonchev–Trinajstić information content (AvgIpc) is 3.62. The zero-order valence-electron chi connectivity index (χ0n) is 28.0. The Hall–Kier alpha value is -3.52. The van der Waals surface area contributed by atoms with Gasteiger partial charge in [-0.15, -0.1) is 0 Å². The highest BCUT2D eigenvalue weighted by molar-refractivity contribution is 6.03. The Morgan fingerprint density at radius 3 is 1.48 bits per heavy atom. The van der Waals surface area contributed by atoms with Gasteiger partial charge in [0.25, 0.3) is 0 Å². The van der Waals surface area contributed by atoms with Crippen molar-refractivity contribution in [1.29, 1.82) is 0 Å². The maximum atomic E-state index is 13.6. The molecular formula is C38H42N2O10. The third kappa shape index (κ3) is 3.35. The Morgan fingerprint density at radius 1 is 0.700 bits per heavy atom. The fraction of sp³-hybridized carbons (Fsp3) is 0.579. The van der Waals surface area contributed by atoms with E-state index in [2.05, 4.69) is 23.9 Å². The lowest BCUT2D eigenvalue weighted by Gasteiger charge is -2.58. The van der Waals surface area contributed by atoms with Crippen molar-refractivity contribution < 1.29 is 49.7 Å². The van der Waals surface area contributed by atoms with Crippen LogP contribution in [0.2, 0.25) is 0 Å². The van der Waals surface area contributed by atoms with Gasteiger partial charge in [-0.1, -0.05) is 36.5 Å². The van der Waals surface area contributed by atoms with Crippen LogP contribution in [0.4, 0.5) is 0 Å². The fourth-order valence-corrected chi connectivity index (χ4v) is 12.4. The summed E-state index contributed by atoms with van der Waals surface area (Å²) in [6.07, 6.45) is 9.24. The zero-order valence-corrected chi connectivity index (χ0v) is 28.0. The molecular weight excluding hydrogens is 644 g/mol. The molecule has 10 rings (SSSR count). The van der Waals surface area contributed by atoms with Crippen molar-refractivity contribution in [3.05, 3.63) is 81.4 Å². The van der Waals surface area contributed by atoms with Crippen molar-refractivity contribution in [2.45, 2.75) is 86.2 Å². The zero-order chi connectivity index (χ0) is 34.9. The summed E-state index contributed by atoms with van der Waals surface area (Å²) in [5, 5.41) is 70.2. The van der Waals surface area contributed by atoms with Crippen molar-refractivity contribution in [2.24, 2.45) is 22.7 Å². The molecule has 2 saturated heterocycles. The molecule has 0 aromatic heterocycles. The predicted octanol–water partition coefficient (Wildman–Crippen LogP) is 1.16. The molecule has 4 fully saturated rings. The number of ether oxygens (including phenoxy) is 2. The second-order valence-electron chi connectivity index (χ2n) is 16.3. The van der Waals surface area contributed by atoms with E-state index < -0.39 is 69.5 Å². The van der Waals surface area contributed by atoms with Crippen molar-refractivity contribution in [3.8, 4) is 0 Å². The number of hydrogen-bond donors (Lipinski definition) is 6. The molecule has 0 amide bonds. The quantitative estimate of drug-likeness (QED) is 0.184. The summed E-state index contributed by atoms with van der Waals surface area (Å²) in [5.74, 6) is -3.64. The standard InChI is InChI=1S/C38H42N2O10/c1-39-13-11-35-19-3-5-23(41)29(35)49-31-25(35)17(15-21(19)39)7-9-37(31,47)27(33(43)44)28(34(45)46)38(48)10-8-18-16-22-20-4-6-24(42)30-36(20,12-14-40(22)2)26(18)32(38)50-30/h3-8,19-24,29-30,41-42,47-48H,9-16H2,1-2H3,(H,43,44)(H,45,46)/b28-27+/t19-,20-,21+,22+,23-,24-,29-,30-,35-,36-,37?,38?/m0/s1. The molecule has 4 heterocycles. The summed E-state index contributed by atoms with van der Waals surface area (Å²) in [7, 11) is 4.13. The first kappa shape index (κ1) is 31.2. The molecule has 2 unspecified atom stereocenters. The van der Waals surface area contributed by atoms with Gasteiger partial charge in [-0.05, 0) is 64.0 Å². The van der Waals surface area contributed by atoms with Gasteiger partial charge in [-0.2, -0.15) is 0 Å². The van der Waals surface area contributed by atoms with Crippen LogP contribution in [0.25, 0.3) is 0 Å². The largest absolute Gasteiger partial charge is 0.487 e. The number of aliphatic hydroxyl groups is 4. The molecule has 4 aliphatic heterocycles. The predicted molar refractivity (Wildman–Crippen MR) is 175 cm³/mol. The molecule has 10 aliphatic rings. The number of aliphatic hydroxyl groups excluding tert-OH is 2. The van der Waals surface area contributed by atoms with E-state index in [1.54, 1.807) is 24.3 Å². The number of rotatable bonds is 4. The maximum absolute atomic E-state index is 13.6. The third-order valence-corrected chi connectivity index (χ3v) is 14.5. The van der Waals surface area contributed by atoms with Gasteiger partial charge in [0, 0.05) is 58.7 Å². The smallest absolute Gasteiger partial charge is 0.335 e. The summed E-state index contributed by atoms with van der Waals surface area (Å²) in [6.45, 7) is 1.41. The highest BCUT2D eigenvalue weighted by Crippen LogP contribution is 2.69. The molecule has 12 heteroatoms. The van der Waals surface area contributed by atoms with E-state index in [0.717, 1.165) is 11.1 Å². The van der Waals surface area contributed by atoms with Gasteiger partial charge in [0.15, 0.2) is 11.2 Å². The first-order valence-electron chi connectivity index (χ1n) is 17.8. The number of carboxylic acid groups (broad SMARTS) is 2. The molecule has 50 heavy (non-hydrogen) atoms. The van der Waals surface area contributed by atoms with Crippen LogP contribution in [0.15, 0.2) is 81.4 Å². The number of nitrogens with zero attached hydrogens (tertiary/aromatic N) is 2. The van der Waals surface area contributed by atoms with E-state index in [4.69, 9.17) is 9.47 Å². The highest BCUT2D eigenvalue weighted by Gasteiger charge is 2.71. The van der Waals surface area contributed by atoms with Gasteiger partial charge in [0.05, 0.1) is 11.1 Å². The van der Waals surface area contributed by atoms with E-state index in [9.17, 15) is 40.2 Å². The minimum absolute atomic E-state index is 0.0460. The third-order valence-electron chi connectivity index (χ3n) is 14.5. The van der Waals surface area contributed by atoms with Gasteiger partial charge >= 0.3 is 11.9 Å². The van der Waals surface area contributed by atoms with E-state index >= 15 is 0 Å². The number of likely N-dealkylation sites (tertiary alicyclic amines) is 2. The minimum atomic E-state index is -2.48. The summed E-state index contributed by atoms with van der Waals surface area (Å²) in [5.41, 5.74) is -5.07. The number of piperidine rings is 2. The Morgan fingerprint density at radius 2 is 1.10 bits per heavy atom. The molecule has 12 nitrogen and oxygen atoms in total. The van der Waals surface area contributed by atoms with Crippen LogP contribution < -0.4 is 0 Å². The Kier molecular flexibility index (Phi) is 6.04. The molecule has 12 atom stereocenters. The van der Waals surface area contributed by atoms with Gasteiger partial charge in [-0.3, -0.25) is 0 Å². The lowest BCUT2D eigenvalue weighted by Crippen LogP contribution is -2.62. The Bertz CT molecular complexity index is 1770. The van der Waals surface area contributed by atoms with E-state index in [0.29, 0.717) is 49.9 Å². The lowest BCUT2D eigenvalue weighted by molar-refractivity contribution is -0.141. The monoisotopic (exact) mass is 686 g/mol. The summed E-state index contributed by atoms with van der Waals surface area (Å²) < 4.78 is 13.1. The Balaban J connectivity index is 1.18. The van der Waals surface area contributed by atoms with Gasteiger partial charge in [0.1, 0.15) is 35.9 Å².